The van der Waals surface area contributed by atoms with E-state index in [4.69, 9.17) is 0 Å². The van der Waals surface area contributed by atoms with E-state index in [9.17, 15) is 13.6 Å². The molecule has 0 aromatic heterocycles. The van der Waals surface area contributed by atoms with Crippen LogP contribution in [-0.4, -0.2) is 7.32 Å². The van der Waals surface area contributed by atoms with E-state index in [-0.39, 0.29) is 51.4 Å². The molecule has 0 aromatic rings. The maximum absolute atomic E-state index is 10.4. The molecule has 0 amide bonds. The predicted octanol–water partition coefficient (Wildman–Crippen LogP) is -1.33. The third kappa shape index (κ3) is 18.2. The van der Waals surface area contributed by atoms with Crippen LogP contribution in [0, 0.1) is 6.08 Å². The molecule has 3 nitrogen and oxygen atoms in total. The van der Waals surface area contributed by atoms with Gasteiger partial charge in [-0.05, 0) is 0 Å². The summed E-state index contributed by atoms with van der Waals surface area (Å²) in [5.74, 6) is 0. The molecule has 0 aromatic carbocycles. The topological polar surface area (TPSA) is 27.7 Å². The SMILES string of the molecule is C=[C-]C.FOB(OF)OF.[K+]. The minimum atomic E-state index is -2.51. The summed E-state index contributed by atoms with van der Waals surface area (Å²) in [5, 5.41) is 0. The van der Waals surface area contributed by atoms with Gasteiger partial charge in [-0.2, -0.15) is 21.5 Å². The summed E-state index contributed by atoms with van der Waals surface area (Å²) in [4.78, 5) is 7.06. The Labute approximate surface area is 105 Å². The van der Waals surface area contributed by atoms with Crippen LogP contribution in [0.1, 0.15) is 6.92 Å². The van der Waals surface area contributed by atoms with Crippen LogP contribution in [0.3, 0.4) is 0 Å². The van der Waals surface area contributed by atoms with Gasteiger partial charge in [0.25, 0.3) is 0 Å². The minimum absolute atomic E-state index is 0. The van der Waals surface area contributed by atoms with E-state index in [1.807, 2.05) is 0 Å². The van der Waals surface area contributed by atoms with Crippen molar-refractivity contribution < 1.29 is 79.5 Å². The van der Waals surface area contributed by atoms with Gasteiger partial charge >= 0.3 is 58.7 Å². The van der Waals surface area contributed by atoms with Gasteiger partial charge in [0.2, 0.25) is 0 Å². The van der Waals surface area contributed by atoms with Gasteiger partial charge in [0.1, 0.15) is 0 Å². The van der Waals surface area contributed by atoms with E-state index in [1.54, 1.807) is 6.92 Å². The van der Waals surface area contributed by atoms with E-state index >= 15 is 0 Å². The second-order valence-corrected chi connectivity index (χ2v) is 0.909. The van der Waals surface area contributed by atoms with Crippen LogP contribution in [0.5, 0.6) is 0 Å². The first-order valence-electron chi connectivity index (χ1n) is 2.02. The van der Waals surface area contributed by atoms with Crippen LogP contribution in [0.2, 0.25) is 0 Å². The third-order valence-corrected chi connectivity index (χ3v) is 0.218. The molecule has 0 saturated carbocycles. The van der Waals surface area contributed by atoms with Gasteiger partial charge < -0.3 is 6.08 Å². The molecular formula is C3H5BF3KO3. The maximum atomic E-state index is 10.4. The van der Waals surface area contributed by atoms with Crippen molar-refractivity contribution in [2.75, 3.05) is 0 Å². The van der Waals surface area contributed by atoms with Crippen molar-refractivity contribution in [1.29, 1.82) is 0 Å². The average molecular weight is 196 g/mol. The monoisotopic (exact) mass is 196 g/mol. The van der Waals surface area contributed by atoms with Gasteiger partial charge in [-0.3, -0.25) is 6.58 Å². The number of hydrogen-bond donors (Lipinski definition) is 0. The Morgan fingerprint density at radius 3 is 1.36 bits per heavy atom. The Bertz CT molecular complexity index is 69.3. The van der Waals surface area contributed by atoms with E-state index in [0.29, 0.717) is 0 Å². The molecule has 0 aliphatic carbocycles. The first-order chi connectivity index (χ1) is 4.76. The van der Waals surface area contributed by atoms with Crippen LogP contribution < -0.4 is 51.4 Å². The first kappa shape index (κ1) is 18.0. The van der Waals surface area contributed by atoms with Crippen LogP contribution >= 0.6 is 0 Å². The summed E-state index contributed by atoms with van der Waals surface area (Å²) in [6.45, 7) is 5.00. The quantitative estimate of drug-likeness (QED) is 0.413. The van der Waals surface area contributed by atoms with Crippen LogP contribution in [0.15, 0.2) is 6.58 Å². The summed E-state index contributed by atoms with van der Waals surface area (Å²) in [5.41, 5.74) is 0. The van der Waals surface area contributed by atoms with E-state index < -0.39 is 7.32 Å². The van der Waals surface area contributed by atoms with Crippen molar-refractivity contribution in [1.82, 2.24) is 0 Å². The van der Waals surface area contributed by atoms with Gasteiger partial charge in [-0.1, -0.05) is 13.6 Å². The summed E-state index contributed by atoms with van der Waals surface area (Å²) in [7, 11) is -2.51. The summed E-state index contributed by atoms with van der Waals surface area (Å²) < 4.78 is 31.3. The fourth-order valence-electron chi connectivity index (χ4n) is 0.0412. The summed E-state index contributed by atoms with van der Waals surface area (Å²) in [6, 6.07) is 0. The van der Waals surface area contributed by atoms with Crippen molar-refractivity contribution in [3.8, 4) is 0 Å². The molecule has 0 saturated heterocycles. The molecule has 0 atom stereocenters. The minimum Gasteiger partial charge on any atom is -0.507 e. The number of rotatable bonds is 3. The standard InChI is InChI=1S/C3H5.BF3O3.K/c1-3-2;2-5-1(6-3)7-4;/h1H2,2H3;;/q-1;;+1. The normalized spacial score (nSPS) is 6.91. The fourth-order valence-corrected chi connectivity index (χ4v) is 0.0412. The fraction of sp³-hybridized carbons (Fsp3) is 0.333. The van der Waals surface area contributed by atoms with E-state index in [2.05, 4.69) is 27.2 Å². The molecule has 0 aliphatic heterocycles. The molecule has 8 heteroatoms. The molecule has 0 spiro atoms. The molecule has 0 N–H and O–H groups in total. The maximum Gasteiger partial charge on any atom is 1.00 e. The molecular weight excluding hydrogens is 191 g/mol. The Morgan fingerprint density at radius 1 is 1.18 bits per heavy atom. The zero-order valence-electron chi connectivity index (χ0n) is 6.14. The van der Waals surface area contributed by atoms with Crippen molar-refractivity contribution in [2.24, 2.45) is 0 Å². The van der Waals surface area contributed by atoms with Crippen molar-refractivity contribution in [2.45, 2.75) is 6.92 Å². The summed E-state index contributed by atoms with van der Waals surface area (Å²) >= 11 is 0. The number of hydrogen-bond acceptors (Lipinski definition) is 3. The molecule has 0 heterocycles. The van der Waals surface area contributed by atoms with E-state index in [0.717, 1.165) is 0 Å². The Kier molecular flexibility index (Phi) is 28.3. The molecule has 0 aliphatic rings. The van der Waals surface area contributed by atoms with E-state index in [1.165, 1.54) is 0 Å². The zero-order chi connectivity index (χ0) is 8.41. The van der Waals surface area contributed by atoms with Crippen molar-refractivity contribution >= 4 is 7.32 Å². The second kappa shape index (κ2) is 17.3. The van der Waals surface area contributed by atoms with Crippen molar-refractivity contribution in [3.05, 3.63) is 12.7 Å². The van der Waals surface area contributed by atoms with Gasteiger partial charge in [0, 0.05) is 0 Å². The molecule has 0 rings (SSSR count). The van der Waals surface area contributed by atoms with Gasteiger partial charge in [-0.25, -0.2) is 0 Å². The van der Waals surface area contributed by atoms with Crippen LogP contribution in [0.4, 0.5) is 13.6 Å². The number of allylic oxidation sites excluding steroid dienone is 1. The Balaban J connectivity index is -0.000000140. The zero-order valence-corrected chi connectivity index (χ0v) is 9.27. The van der Waals surface area contributed by atoms with Crippen molar-refractivity contribution in [3.63, 3.8) is 0 Å². The number of halogens is 3. The second-order valence-electron chi connectivity index (χ2n) is 0.909. The molecule has 60 valence electrons. The van der Waals surface area contributed by atoms with Gasteiger partial charge in [0.05, 0.1) is 0 Å². The van der Waals surface area contributed by atoms with Gasteiger partial charge in [0.15, 0.2) is 0 Å². The summed E-state index contributed by atoms with van der Waals surface area (Å²) in [6.07, 6.45) is 2.50. The van der Waals surface area contributed by atoms with Gasteiger partial charge in [-0.15, -0.1) is 0 Å². The van der Waals surface area contributed by atoms with Crippen LogP contribution in [0.25, 0.3) is 0 Å². The Hall–Kier alpha value is 1.11. The third-order valence-electron chi connectivity index (χ3n) is 0.218. The molecule has 0 fully saturated rings. The molecule has 0 bridgehead atoms. The first-order valence-corrected chi connectivity index (χ1v) is 2.02. The molecule has 0 unspecified atom stereocenters. The average Bonchev–Trinajstić information content (AvgIpc) is 1.93. The molecule has 11 heavy (non-hydrogen) atoms. The smallest absolute Gasteiger partial charge is 0.507 e. The predicted molar refractivity (Wildman–Crippen MR) is 26.9 cm³/mol. The Morgan fingerprint density at radius 2 is 1.36 bits per heavy atom. The van der Waals surface area contributed by atoms with Crippen LogP contribution in [-0.2, 0) is 14.6 Å². The molecule has 0 radical (unpaired) electrons. The largest absolute Gasteiger partial charge is 1.00 e.